The van der Waals surface area contributed by atoms with Crippen LogP contribution in [0.4, 0.5) is 5.82 Å². The van der Waals surface area contributed by atoms with Gasteiger partial charge in [-0.3, -0.25) is 33.7 Å². The van der Waals surface area contributed by atoms with E-state index in [0.29, 0.717) is 30.4 Å². The maximum absolute atomic E-state index is 13.0. The van der Waals surface area contributed by atoms with E-state index in [1.165, 1.54) is 29.8 Å². The molecule has 12 heteroatoms. The summed E-state index contributed by atoms with van der Waals surface area (Å²) in [6.45, 7) is 7.68. The molecule has 0 bridgehead atoms. The van der Waals surface area contributed by atoms with Gasteiger partial charge in [0, 0.05) is 45.1 Å². The largest absolute Gasteiger partial charge is 0.411 e. The van der Waals surface area contributed by atoms with Crippen LogP contribution in [0.3, 0.4) is 0 Å². The van der Waals surface area contributed by atoms with Crippen LogP contribution in [0.25, 0.3) is 0 Å². The first-order valence-corrected chi connectivity index (χ1v) is 12.1. The summed E-state index contributed by atoms with van der Waals surface area (Å²) in [7, 11) is 1.55. The second kappa shape index (κ2) is 12.5. The molecule has 192 valence electrons. The number of carbonyl (C=O) groups excluding carboxylic acids is 2. The highest BCUT2D eigenvalue weighted by Crippen LogP contribution is 2.21. The molecule has 3 rings (SSSR count). The molecule has 2 atom stereocenters. The van der Waals surface area contributed by atoms with Gasteiger partial charge in [-0.2, -0.15) is 0 Å². The first-order valence-electron chi connectivity index (χ1n) is 12.1. The molecule has 2 aliphatic rings. The highest BCUT2D eigenvalue weighted by atomic mass is 16.4. The van der Waals surface area contributed by atoms with Crippen LogP contribution in [0.1, 0.15) is 39.2 Å². The number of carbonyl (C=O) groups is 2. The number of fused-ring (bicyclic) bond motifs is 1. The Morgan fingerprint density at radius 3 is 2.80 bits per heavy atom. The molecular weight excluding hydrogens is 452 g/mol. The predicted octanol–water partition coefficient (Wildman–Crippen LogP) is -0.00750. The third kappa shape index (κ3) is 6.73. The number of anilines is 1. The smallest absolute Gasteiger partial charge is 0.294 e. The normalized spacial score (nSPS) is 20.4. The molecule has 2 saturated heterocycles. The summed E-state index contributed by atoms with van der Waals surface area (Å²) in [6.07, 6.45) is 5.66. The van der Waals surface area contributed by atoms with Crippen molar-refractivity contribution in [3.05, 3.63) is 22.7 Å². The van der Waals surface area contributed by atoms with Crippen LogP contribution in [0.2, 0.25) is 0 Å². The van der Waals surface area contributed by atoms with E-state index < -0.39 is 11.6 Å². The van der Waals surface area contributed by atoms with Gasteiger partial charge in [0.25, 0.3) is 5.56 Å². The number of oxime groups is 1. The quantitative estimate of drug-likeness (QED) is 0.224. The lowest BCUT2D eigenvalue weighted by molar-refractivity contribution is -0.128. The topological polar surface area (TPSA) is 145 Å². The van der Waals surface area contributed by atoms with Gasteiger partial charge in [0.15, 0.2) is 11.6 Å². The van der Waals surface area contributed by atoms with Crippen LogP contribution in [0, 0.1) is 0 Å². The standard InChI is InChI=1S/C23H36N8O4/c1-4-20(31-9-7-25-21(23(31)34)26-13-19(24-3)16(2)28-35)22(33)27-12-18(32)15-29-10-11-30-8-5-6-17(30)14-29/h7,9,17,20,35H,4-6,8,10-15H2,1-3H3,(H,25,26)(H,27,33)/b24-19-,28-16-. The number of aromatic nitrogens is 2. The van der Waals surface area contributed by atoms with Crippen molar-refractivity contribution in [3.63, 3.8) is 0 Å². The third-order valence-corrected chi connectivity index (χ3v) is 6.69. The van der Waals surface area contributed by atoms with Crippen molar-refractivity contribution < 1.29 is 14.8 Å². The zero-order valence-corrected chi connectivity index (χ0v) is 20.7. The molecule has 0 spiro atoms. The fourth-order valence-electron chi connectivity index (χ4n) is 4.70. The monoisotopic (exact) mass is 488 g/mol. The summed E-state index contributed by atoms with van der Waals surface area (Å²) >= 11 is 0. The first-order chi connectivity index (χ1) is 16.9. The molecule has 2 aliphatic heterocycles. The van der Waals surface area contributed by atoms with E-state index in [1.54, 1.807) is 20.9 Å². The zero-order chi connectivity index (χ0) is 25.4. The van der Waals surface area contributed by atoms with Crippen LogP contribution in [-0.4, -0.2) is 107 Å². The van der Waals surface area contributed by atoms with Crippen molar-refractivity contribution in [1.29, 1.82) is 0 Å². The molecule has 3 heterocycles. The van der Waals surface area contributed by atoms with E-state index in [-0.39, 0.29) is 30.6 Å². The van der Waals surface area contributed by atoms with Gasteiger partial charge in [0.2, 0.25) is 5.91 Å². The van der Waals surface area contributed by atoms with Gasteiger partial charge in [-0.05, 0) is 32.7 Å². The lowest BCUT2D eigenvalue weighted by Gasteiger charge is -2.37. The second-order valence-electron chi connectivity index (χ2n) is 8.95. The molecule has 2 unspecified atom stereocenters. The molecular formula is C23H36N8O4. The minimum absolute atomic E-state index is 0.0450. The fourth-order valence-corrected chi connectivity index (χ4v) is 4.70. The van der Waals surface area contributed by atoms with Crippen molar-refractivity contribution in [2.75, 3.05) is 58.2 Å². The number of aliphatic imine (C=N–C) groups is 1. The zero-order valence-electron chi connectivity index (χ0n) is 20.7. The number of hydrogen-bond donors (Lipinski definition) is 3. The van der Waals surface area contributed by atoms with Gasteiger partial charge in [0.1, 0.15) is 6.04 Å². The summed E-state index contributed by atoms with van der Waals surface area (Å²) in [4.78, 5) is 51.1. The highest BCUT2D eigenvalue weighted by molar-refractivity contribution is 6.42. The van der Waals surface area contributed by atoms with Crippen LogP contribution in [-0.2, 0) is 9.59 Å². The van der Waals surface area contributed by atoms with E-state index in [2.05, 4.69) is 35.6 Å². The van der Waals surface area contributed by atoms with Gasteiger partial charge in [-0.1, -0.05) is 12.1 Å². The number of piperazine rings is 1. The average Bonchev–Trinajstić information content (AvgIpc) is 3.33. The Morgan fingerprint density at radius 1 is 1.29 bits per heavy atom. The van der Waals surface area contributed by atoms with Crippen LogP contribution >= 0.6 is 0 Å². The molecule has 2 fully saturated rings. The summed E-state index contributed by atoms with van der Waals surface area (Å²) in [5, 5.41) is 17.7. The lowest BCUT2D eigenvalue weighted by Crippen LogP contribution is -2.52. The number of Topliss-reactive ketones (excluding diaryl/α,β-unsaturated/α-hetero) is 1. The number of ketones is 1. The first kappa shape index (κ1) is 26.5. The Labute approximate surface area is 205 Å². The summed E-state index contributed by atoms with van der Waals surface area (Å²) in [6, 6.07) is -0.238. The van der Waals surface area contributed by atoms with E-state index in [0.717, 1.165) is 26.2 Å². The Hall–Kier alpha value is -3.12. The Bertz CT molecular complexity index is 1020. The van der Waals surface area contributed by atoms with Crippen LogP contribution < -0.4 is 16.2 Å². The van der Waals surface area contributed by atoms with E-state index in [1.807, 2.05) is 0 Å². The third-order valence-electron chi connectivity index (χ3n) is 6.69. The van der Waals surface area contributed by atoms with Crippen LogP contribution in [0.5, 0.6) is 0 Å². The Kier molecular flexibility index (Phi) is 9.49. The molecule has 1 aromatic rings. The molecule has 0 radical (unpaired) electrons. The highest BCUT2D eigenvalue weighted by Gasteiger charge is 2.31. The number of nitrogens with zero attached hydrogens (tertiary/aromatic N) is 6. The predicted molar refractivity (Wildman–Crippen MR) is 134 cm³/mol. The number of rotatable bonds is 11. The minimum atomic E-state index is -0.777. The maximum atomic E-state index is 13.0. The fraction of sp³-hybridized carbons (Fsp3) is 0.652. The second-order valence-corrected chi connectivity index (χ2v) is 8.95. The lowest BCUT2D eigenvalue weighted by atomic mass is 10.1. The molecule has 3 N–H and O–H groups in total. The molecule has 0 saturated carbocycles. The van der Waals surface area contributed by atoms with Gasteiger partial charge < -0.3 is 15.8 Å². The van der Waals surface area contributed by atoms with E-state index in [4.69, 9.17) is 5.21 Å². The van der Waals surface area contributed by atoms with E-state index >= 15 is 0 Å². The van der Waals surface area contributed by atoms with Crippen molar-refractivity contribution in [2.24, 2.45) is 10.1 Å². The molecule has 35 heavy (non-hydrogen) atoms. The van der Waals surface area contributed by atoms with Gasteiger partial charge >= 0.3 is 0 Å². The van der Waals surface area contributed by atoms with Gasteiger partial charge in [-0.25, -0.2) is 4.98 Å². The SMILES string of the molecule is CCC(C(=O)NCC(=O)CN1CCN2CCCC2C1)n1ccnc(NCC(=N/C)/C(C)=N\O)c1=O. The van der Waals surface area contributed by atoms with Crippen molar-refractivity contribution in [1.82, 2.24) is 24.7 Å². The summed E-state index contributed by atoms with van der Waals surface area (Å²) in [5.74, 6) is -0.385. The average molecular weight is 489 g/mol. The summed E-state index contributed by atoms with van der Waals surface area (Å²) in [5.41, 5.74) is 0.308. The van der Waals surface area contributed by atoms with Gasteiger partial charge in [0.05, 0.1) is 31.1 Å². The van der Waals surface area contributed by atoms with Crippen molar-refractivity contribution in [2.45, 2.75) is 45.2 Å². The Balaban J connectivity index is 1.56. The molecule has 0 aromatic carbocycles. The molecule has 0 aliphatic carbocycles. The van der Waals surface area contributed by atoms with E-state index in [9.17, 15) is 14.4 Å². The van der Waals surface area contributed by atoms with Gasteiger partial charge in [-0.15, -0.1) is 0 Å². The maximum Gasteiger partial charge on any atom is 0.294 e. The number of nitrogens with one attached hydrogen (secondary N) is 2. The number of hydrogen-bond acceptors (Lipinski definition) is 10. The number of amides is 1. The Morgan fingerprint density at radius 2 is 2.09 bits per heavy atom. The molecule has 1 aromatic heterocycles. The van der Waals surface area contributed by atoms with Crippen LogP contribution in [0.15, 0.2) is 27.3 Å². The minimum Gasteiger partial charge on any atom is -0.411 e. The van der Waals surface area contributed by atoms with Crippen molar-refractivity contribution >= 4 is 28.9 Å². The summed E-state index contributed by atoms with van der Waals surface area (Å²) < 4.78 is 1.31. The molecule has 12 nitrogen and oxygen atoms in total. The van der Waals surface area contributed by atoms with Crippen molar-refractivity contribution in [3.8, 4) is 0 Å². The molecule has 1 amide bonds.